The van der Waals surface area contributed by atoms with Gasteiger partial charge in [-0.25, -0.2) is 9.13 Å². The molecular weight excluding hydrogens is 1200 g/mol. The number of aliphatic hydroxyl groups is 1. The maximum Gasteiger partial charge on any atom is 0.472 e. The first-order valence-electron chi connectivity index (χ1n) is 37.5. The highest BCUT2D eigenvalue weighted by molar-refractivity contribution is 7.47. The quantitative estimate of drug-likeness (QED) is 0.0222. The topological polar surface area (TPSA) is 237 Å². The molecule has 0 spiro atoms. The van der Waals surface area contributed by atoms with Crippen molar-refractivity contribution in [2.24, 2.45) is 11.8 Å². The van der Waals surface area contributed by atoms with Gasteiger partial charge < -0.3 is 33.8 Å². The van der Waals surface area contributed by atoms with Crippen LogP contribution < -0.4 is 0 Å². The molecule has 0 heterocycles. The Bertz CT molecular complexity index is 1770. The number of carbonyl (C=O) groups is 4. The van der Waals surface area contributed by atoms with Crippen LogP contribution in [0.2, 0.25) is 0 Å². The lowest BCUT2D eigenvalue weighted by atomic mass is 9.99. The van der Waals surface area contributed by atoms with Crippen molar-refractivity contribution in [1.82, 2.24) is 0 Å². The van der Waals surface area contributed by atoms with Gasteiger partial charge in [0.1, 0.15) is 19.3 Å². The third kappa shape index (κ3) is 65.1. The third-order valence-corrected chi connectivity index (χ3v) is 19.0. The lowest BCUT2D eigenvalue weighted by molar-refractivity contribution is -0.161. The molecule has 3 unspecified atom stereocenters. The Balaban J connectivity index is 5.23. The maximum absolute atomic E-state index is 13.0. The van der Waals surface area contributed by atoms with E-state index >= 15 is 0 Å². The predicted molar refractivity (Wildman–Crippen MR) is 368 cm³/mol. The third-order valence-electron chi connectivity index (χ3n) is 17.1. The summed E-state index contributed by atoms with van der Waals surface area (Å²) >= 11 is 0. The SMILES string of the molecule is CCCCCCCCCCCCCC(=O)O[C@H](COC(=O)CCCCCCCCCCC)COP(=O)(O)OC[C@H](O)COP(=O)(O)OC[C@@H](COC(=O)CCCCCCCCCCCCC(C)CC)OC(=O)CCCCCCCCCCCCCCCCC(C)C. The zero-order valence-corrected chi connectivity index (χ0v) is 60.9. The molecule has 0 amide bonds. The fraction of sp³-hybridized carbons (Fsp3) is 0.944. The van der Waals surface area contributed by atoms with Crippen LogP contribution in [0.1, 0.15) is 369 Å². The minimum absolute atomic E-state index is 0.107. The van der Waals surface area contributed by atoms with Gasteiger partial charge in [0, 0.05) is 25.7 Å². The summed E-state index contributed by atoms with van der Waals surface area (Å²) in [4.78, 5) is 72.6. The van der Waals surface area contributed by atoms with E-state index in [4.69, 9.17) is 37.0 Å². The first kappa shape index (κ1) is 89.1. The molecule has 0 fully saturated rings. The second-order valence-electron chi connectivity index (χ2n) is 26.7. The summed E-state index contributed by atoms with van der Waals surface area (Å²) in [6, 6.07) is 0. The lowest BCUT2D eigenvalue weighted by Crippen LogP contribution is -2.30. The van der Waals surface area contributed by atoms with Crippen molar-refractivity contribution in [3.05, 3.63) is 0 Å². The van der Waals surface area contributed by atoms with E-state index in [9.17, 15) is 43.2 Å². The maximum atomic E-state index is 13.0. The van der Waals surface area contributed by atoms with E-state index in [0.717, 1.165) is 102 Å². The van der Waals surface area contributed by atoms with E-state index in [0.29, 0.717) is 25.7 Å². The molecule has 0 aromatic rings. The number of phosphoric ester groups is 2. The molecule has 3 N–H and O–H groups in total. The highest BCUT2D eigenvalue weighted by Gasteiger charge is 2.30. The van der Waals surface area contributed by atoms with Crippen LogP contribution in [-0.2, 0) is 65.4 Å². The van der Waals surface area contributed by atoms with Gasteiger partial charge in [-0.3, -0.25) is 37.3 Å². The summed E-state index contributed by atoms with van der Waals surface area (Å²) in [6.07, 6.45) is 49.8. The van der Waals surface area contributed by atoms with E-state index in [-0.39, 0.29) is 25.7 Å². The van der Waals surface area contributed by atoms with Crippen LogP contribution in [-0.4, -0.2) is 96.7 Å². The molecule has 17 nitrogen and oxygen atoms in total. The predicted octanol–water partition coefficient (Wildman–Crippen LogP) is 20.8. The van der Waals surface area contributed by atoms with E-state index in [2.05, 4.69) is 41.5 Å². The van der Waals surface area contributed by atoms with Crippen LogP contribution >= 0.6 is 15.6 Å². The number of hydrogen-bond donors (Lipinski definition) is 3. The van der Waals surface area contributed by atoms with Crippen molar-refractivity contribution >= 4 is 39.5 Å². The Hall–Kier alpha value is -1.94. The summed E-state index contributed by atoms with van der Waals surface area (Å²) in [5, 5.41) is 10.6. The van der Waals surface area contributed by atoms with Gasteiger partial charge in [-0.05, 0) is 37.5 Å². The van der Waals surface area contributed by atoms with Crippen molar-refractivity contribution in [1.29, 1.82) is 0 Å². The summed E-state index contributed by atoms with van der Waals surface area (Å²) < 4.78 is 68.3. The van der Waals surface area contributed by atoms with Gasteiger partial charge in [0.15, 0.2) is 12.2 Å². The van der Waals surface area contributed by atoms with Crippen LogP contribution in [0.4, 0.5) is 0 Å². The highest BCUT2D eigenvalue weighted by atomic mass is 31.2. The minimum atomic E-state index is -4.95. The van der Waals surface area contributed by atoms with E-state index in [1.807, 2.05) is 0 Å². The Morgan fingerprint density at radius 2 is 0.560 bits per heavy atom. The van der Waals surface area contributed by atoms with Crippen LogP contribution in [0.5, 0.6) is 0 Å². The van der Waals surface area contributed by atoms with Crippen LogP contribution in [0.15, 0.2) is 0 Å². The average Bonchev–Trinajstić information content (AvgIpc) is 3.73. The second kappa shape index (κ2) is 64.1. The highest BCUT2D eigenvalue weighted by Crippen LogP contribution is 2.45. The molecule has 0 radical (unpaired) electrons. The van der Waals surface area contributed by atoms with Crippen molar-refractivity contribution in [3.8, 4) is 0 Å². The molecular formula is C72H140O17P2. The molecule has 91 heavy (non-hydrogen) atoms. The van der Waals surface area contributed by atoms with Crippen LogP contribution in [0.3, 0.4) is 0 Å². The van der Waals surface area contributed by atoms with E-state index < -0.39 is 97.5 Å². The molecule has 0 aliphatic rings. The number of ether oxygens (including phenoxy) is 4. The van der Waals surface area contributed by atoms with Gasteiger partial charge in [0.05, 0.1) is 26.4 Å². The number of unbranched alkanes of at least 4 members (excludes halogenated alkanes) is 40. The molecule has 0 aromatic heterocycles. The summed E-state index contributed by atoms with van der Waals surface area (Å²) in [5.41, 5.74) is 0. The van der Waals surface area contributed by atoms with E-state index in [1.165, 1.54) is 186 Å². The Labute approximate surface area is 556 Å². The molecule has 0 saturated heterocycles. The van der Waals surface area contributed by atoms with Crippen LogP contribution in [0.25, 0.3) is 0 Å². The normalized spacial score (nSPS) is 14.4. The monoisotopic (exact) mass is 1340 g/mol. The Kier molecular flexibility index (Phi) is 62.7. The van der Waals surface area contributed by atoms with E-state index in [1.54, 1.807) is 0 Å². The fourth-order valence-corrected chi connectivity index (χ4v) is 12.5. The number of rotatable bonds is 71. The van der Waals surface area contributed by atoms with Crippen molar-refractivity contribution < 1.29 is 80.2 Å². The smallest absolute Gasteiger partial charge is 0.462 e. The minimum Gasteiger partial charge on any atom is -0.462 e. The van der Waals surface area contributed by atoms with Crippen LogP contribution in [0, 0.1) is 11.8 Å². The standard InChI is InChI=1S/C72H140O17P2/c1-7-10-12-14-16-18-23-32-38-44-50-56-71(76)88-67(60-82-69(74)54-48-42-36-28-17-15-13-11-8-2)62-86-90(78,79)84-58-66(73)59-85-91(80,81)87-63-68(61-83-70(75)55-49-43-37-31-27-26-30-35-41-47-53-65(6)9-3)89-72(77)57-51-45-39-33-25-22-20-19-21-24-29-34-40-46-52-64(4)5/h64-68,73H,7-63H2,1-6H3,(H,78,79)(H,80,81)/t65?,66-,67+,68+/m0/s1. The van der Waals surface area contributed by atoms with Crippen molar-refractivity contribution in [3.63, 3.8) is 0 Å². The molecule has 0 saturated carbocycles. The number of carbonyl (C=O) groups excluding carboxylic acids is 4. The molecule has 540 valence electrons. The number of aliphatic hydroxyl groups excluding tert-OH is 1. The molecule has 19 heteroatoms. The average molecular weight is 1340 g/mol. The molecule has 6 atom stereocenters. The Morgan fingerprint density at radius 1 is 0.319 bits per heavy atom. The first-order chi connectivity index (χ1) is 43.9. The first-order valence-corrected chi connectivity index (χ1v) is 40.5. The lowest BCUT2D eigenvalue weighted by Gasteiger charge is -2.21. The summed E-state index contributed by atoms with van der Waals surface area (Å²) in [5.74, 6) is -0.516. The molecule has 0 aliphatic carbocycles. The molecule has 0 rings (SSSR count). The second-order valence-corrected chi connectivity index (χ2v) is 29.6. The van der Waals surface area contributed by atoms with Crippen molar-refractivity contribution in [2.45, 2.75) is 387 Å². The number of hydrogen-bond acceptors (Lipinski definition) is 15. The number of esters is 4. The van der Waals surface area contributed by atoms with Gasteiger partial charge in [0.2, 0.25) is 0 Å². The van der Waals surface area contributed by atoms with Gasteiger partial charge in [-0.1, -0.05) is 318 Å². The zero-order valence-electron chi connectivity index (χ0n) is 59.1. The summed E-state index contributed by atoms with van der Waals surface area (Å²) in [7, 11) is -9.90. The number of phosphoric acid groups is 2. The van der Waals surface area contributed by atoms with Gasteiger partial charge in [0.25, 0.3) is 0 Å². The molecule has 0 aliphatic heterocycles. The van der Waals surface area contributed by atoms with Gasteiger partial charge in [-0.2, -0.15) is 0 Å². The van der Waals surface area contributed by atoms with Crippen molar-refractivity contribution in [2.75, 3.05) is 39.6 Å². The Morgan fingerprint density at radius 3 is 0.835 bits per heavy atom. The van der Waals surface area contributed by atoms with Gasteiger partial charge in [-0.15, -0.1) is 0 Å². The zero-order chi connectivity index (χ0) is 67.2. The fourth-order valence-electron chi connectivity index (χ4n) is 10.9. The largest absolute Gasteiger partial charge is 0.472 e. The van der Waals surface area contributed by atoms with Gasteiger partial charge >= 0.3 is 39.5 Å². The molecule has 0 aromatic carbocycles. The summed E-state index contributed by atoms with van der Waals surface area (Å²) in [6.45, 7) is 9.60. The molecule has 0 bridgehead atoms.